The maximum atomic E-state index is 13.0. The highest BCUT2D eigenvalue weighted by atomic mass is 16.1. The molecule has 1 aromatic carbocycles. The molecule has 1 heterocycles. The molecule has 0 aromatic heterocycles. The number of hydrogen-bond acceptors (Lipinski definition) is 3. The largest absolute Gasteiger partial charge is 0.369 e. The van der Waals surface area contributed by atoms with Gasteiger partial charge in [-0.3, -0.25) is 4.79 Å². The molecule has 1 unspecified atom stereocenters. The van der Waals surface area contributed by atoms with Crippen LogP contribution in [0.15, 0.2) is 24.3 Å². The number of nitrogens with one attached hydrogen (secondary N) is 1. The van der Waals surface area contributed by atoms with E-state index in [1.165, 1.54) is 18.5 Å². The molecular formula is C23H37N3O. The summed E-state index contributed by atoms with van der Waals surface area (Å²) in [6.45, 7) is 14.6. The third kappa shape index (κ3) is 5.04. The van der Waals surface area contributed by atoms with E-state index in [1.54, 1.807) is 0 Å². The van der Waals surface area contributed by atoms with Crippen LogP contribution in [0.3, 0.4) is 0 Å². The molecule has 2 aliphatic rings. The van der Waals surface area contributed by atoms with E-state index >= 15 is 0 Å². The first kappa shape index (κ1) is 20.2. The SMILES string of the molecule is CCN1CCN(c2ccc(NC(=O)[C@@H]3C[C@H](C)CCC3C(C)C)cc2)CC1. The van der Waals surface area contributed by atoms with Gasteiger partial charge in [0.15, 0.2) is 0 Å². The molecule has 27 heavy (non-hydrogen) atoms. The van der Waals surface area contributed by atoms with Crippen molar-refractivity contribution in [2.45, 2.75) is 47.0 Å². The van der Waals surface area contributed by atoms with Crippen LogP contribution in [-0.4, -0.2) is 43.5 Å². The minimum absolute atomic E-state index is 0.149. The van der Waals surface area contributed by atoms with Crippen LogP contribution >= 0.6 is 0 Å². The summed E-state index contributed by atoms with van der Waals surface area (Å²) in [6, 6.07) is 8.44. The number of carbonyl (C=O) groups excluding carboxylic acids is 1. The van der Waals surface area contributed by atoms with E-state index in [9.17, 15) is 4.79 Å². The summed E-state index contributed by atoms with van der Waals surface area (Å²) in [7, 11) is 0. The first-order chi connectivity index (χ1) is 13.0. The minimum atomic E-state index is 0.149. The van der Waals surface area contributed by atoms with Gasteiger partial charge in [-0.25, -0.2) is 0 Å². The Bertz CT molecular complexity index is 605. The molecule has 4 nitrogen and oxygen atoms in total. The number of anilines is 2. The molecule has 0 spiro atoms. The van der Waals surface area contributed by atoms with Gasteiger partial charge in [0.05, 0.1) is 0 Å². The lowest BCUT2D eigenvalue weighted by Crippen LogP contribution is -2.46. The van der Waals surface area contributed by atoms with Gasteiger partial charge in [-0.2, -0.15) is 0 Å². The molecule has 3 rings (SSSR count). The van der Waals surface area contributed by atoms with Crippen molar-refractivity contribution in [2.75, 3.05) is 42.9 Å². The number of nitrogens with zero attached hydrogens (tertiary/aromatic N) is 2. The molecular weight excluding hydrogens is 334 g/mol. The summed E-state index contributed by atoms with van der Waals surface area (Å²) in [4.78, 5) is 17.9. The van der Waals surface area contributed by atoms with Gasteiger partial charge in [0.1, 0.15) is 0 Å². The van der Waals surface area contributed by atoms with E-state index in [4.69, 9.17) is 0 Å². The van der Waals surface area contributed by atoms with Crippen LogP contribution in [0.1, 0.15) is 47.0 Å². The molecule has 1 aromatic rings. The van der Waals surface area contributed by atoms with E-state index in [1.807, 2.05) is 0 Å². The molecule has 1 aliphatic carbocycles. The lowest BCUT2D eigenvalue weighted by molar-refractivity contribution is -0.123. The maximum Gasteiger partial charge on any atom is 0.227 e. The minimum Gasteiger partial charge on any atom is -0.369 e. The van der Waals surface area contributed by atoms with E-state index < -0.39 is 0 Å². The van der Waals surface area contributed by atoms with Crippen LogP contribution in [0.2, 0.25) is 0 Å². The fourth-order valence-electron chi connectivity index (χ4n) is 4.82. The molecule has 1 saturated heterocycles. The predicted octanol–water partition coefficient (Wildman–Crippen LogP) is 4.48. The monoisotopic (exact) mass is 371 g/mol. The zero-order chi connectivity index (χ0) is 19.4. The molecule has 1 amide bonds. The molecule has 150 valence electrons. The van der Waals surface area contributed by atoms with E-state index in [0.29, 0.717) is 17.8 Å². The average molecular weight is 372 g/mol. The van der Waals surface area contributed by atoms with Gasteiger partial charge in [0.2, 0.25) is 5.91 Å². The highest BCUT2D eigenvalue weighted by Crippen LogP contribution is 2.38. The number of amides is 1. The Labute approximate surface area is 165 Å². The van der Waals surface area contributed by atoms with Gasteiger partial charge >= 0.3 is 0 Å². The highest BCUT2D eigenvalue weighted by molar-refractivity contribution is 5.93. The number of benzene rings is 1. The number of hydrogen-bond donors (Lipinski definition) is 1. The average Bonchev–Trinajstić information content (AvgIpc) is 2.68. The predicted molar refractivity (Wildman–Crippen MR) is 114 cm³/mol. The van der Waals surface area contributed by atoms with Crippen molar-refractivity contribution < 1.29 is 4.79 Å². The first-order valence-electron chi connectivity index (χ1n) is 10.9. The fraction of sp³-hybridized carbons (Fsp3) is 0.696. The second-order valence-electron chi connectivity index (χ2n) is 8.89. The zero-order valence-corrected chi connectivity index (χ0v) is 17.6. The topological polar surface area (TPSA) is 35.6 Å². The van der Waals surface area contributed by atoms with Gasteiger partial charge in [0, 0.05) is 43.5 Å². The van der Waals surface area contributed by atoms with Crippen LogP contribution in [0.5, 0.6) is 0 Å². The summed E-state index contributed by atoms with van der Waals surface area (Å²) < 4.78 is 0. The summed E-state index contributed by atoms with van der Waals surface area (Å²) >= 11 is 0. The molecule has 4 heteroatoms. The van der Waals surface area contributed by atoms with Crippen molar-refractivity contribution in [3.63, 3.8) is 0 Å². The Morgan fingerprint density at radius 2 is 1.78 bits per heavy atom. The number of rotatable bonds is 5. The van der Waals surface area contributed by atoms with E-state index in [0.717, 1.165) is 44.8 Å². The van der Waals surface area contributed by atoms with Gasteiger partial charge in [-0.05, 0) is 61.4 Å². The van der Waals surface area contributed by atoms with Gasteiger partial charge < -0.3 is 15.1 Å². The van der Waals surface area contributed by atoms with Crippen molar-refractivity contribution in [3.8, 4) is 0 Å². The molecule has 0 bridgehead atoms. The van der Waals surface area contributed by atoms with Crippen molar-refractivity contribution in [3.05, 3.63) is 24.3 Å². The quantitative estimate of drug-likeness (QED) is 0.829. The van der Waals surface area contributed by atoms with Crippen molar-refractivity contribution in [1.82, 2.24) is 4.90 Å². The second kappa shape index (κ2) is 9.09. The van der Waals surface area contributed by atoms with Crippen LogP contribution in [0, 0.1) is 23.7 Å². The Morgan fingerprint density at radius 3 is 2.37 bits per heavy atom. The van der Waals surface area contributed by atoms with Gasteiger partial charge in [-0.15, -0.1) is 0 Å². The van der Waals surface area contributed by atoms with Crippen LogP contribution in [-0.2, 0) is 4.79 Å². The zero-order valence-electron chi connectivity index (χ0n) is 17.6. The van der Waals surface area contributed by atoms with E-state index in [2.05, 4.69) is 67.1 Å². The Balaban J connectivity index is 1.59. The number of likely N-dealkylation sites (N-methyl/N-ethyl adjacent to an activating group) is 1. The van der Waals surface area contributed by atoms with E-state index in [-0.39, 0.29) is 11.8 Å². The Morgan fingerprint density at radius 1 is 1.11 bits per heavy atom. The molecule has 0 radical (unpaired) electrons. The summed E-state index contributed by atoms with van der Waals surface area (Å²) in [5.74, 6) is 2.09. The highest BCUT2D eigenvalue weighted by Gasteiger charge is 2.35. The lowest BCUT2D eigenvalue weighted by Gasteiger charge is -2.36. The Kier molecular flexibility index (Phi) is 6.80. The molecule has 1 N–H and O–H groups in total. The molecule has 3 atom stereocenters. The van der Waals surface area contributed by atoms with Gasteiger partial charge in [-0.1, -0.05) is 34.1 Å². The van der Waals surface area contributed by atoms with Crippen molar-refractivity contribution in [1.29, 1.82) is 0 Å². The Hall–Kier alpha value is -1.55. The maximum absolute atomic E-state index is 13.0. The van der Waals surface area contributed by atoms with Crippen molar-refractivity contribution in [2.24, 2.45) is 23.7 Å². The molecule has 1 aliphatic heterocycles. The number of piperazine rings is 1. The third-order valence-electron chi connectivity index (χ3n) is 6.68. The summed E-state index contributed by atoms with van der Waals surface area (Å²) in [5.41, 5.74) is 2.19. The van der Waals surface area contributed by atoms with Crippen molar-refractivity contribution >= 4 is 17.3 Å². The van der Waals surface area contributed by atoms with Gasteiger partial charge in [0.25, 0.3) is 0 Å². The molecule has 2 fully saturated rings. The summed E-state index contributed by atoms with van der Waals surface area (Å²) in [5, 5.41) is 3.20. The second-order valence-corrected chi connectivity index (χ2v) is 8.89. The standard InChI is InChI=1S/C23H37N3O/c1-5-25-12-14-26(15-13-25)20-9-7-19(8-10-20)24-23(27)22-16-18(4)6-11-21(22)17(2)3/h7-10,17-18,21-22H,5-6,11-16H2,1-4H3,(H,24,27)/t18-,21?,22-/m1/s1. The third-order valence-corrected chi connectivity index (χ3v) is 6.68. The smallest absolute Gasteiger partial charge is 0.227 e. The lowest BCUT2D eigenvalue weighted by atomic mass is 9.70. The van der Waals surface area contributed by atoms with Crippen LogP contribution in [0.4, 0.5) is 11.4 Å². The van der Waals surface area contributed by atoms with Crippen LogP contribution < -0.4 is 10.2 Å². The van der Waals surface area contributed by atoms with Crippen LogP contribution in [0.25, 0.3) is 0 Å². The number of carbonyl (C=O) groups is 1. The first-order valence-corrected chi connectivity index (χ1v) is 10.9. The normalized spacial score (nSPS) is 27.0. The summed E-state index contributed by atoms with van der Waals surface area (Å²) in [6.07, 6.45) is 3.46. The molecule has 1 saturated carbocycles. The fourth-order valence-corrected chi connectivity index (χ4v) is 4.82.